The van der Waals surface area contributed by atoms with Crippen LogP contribution in [0.15, 0.2) is 24.3 Å². The Hall–Kier alpha value is -0.960. The SMILES string of the molecule is CC(F)(F)Cc1ccccc1C1(C)CCCN1. The molecule has 2 rings (SSSR count). The van der Waals surface area contributed by atoms with Crippen LogP contribution in [0, 0.1) is 0 Å². The van der Waals surface area contributed by atoms with Gasteiger partial charge in [-0.2, -0.15) is 0 Å². The second kappa shape index (κ2) is 4.37. The summed E-state index contributed by atoms with van der Waals surface area (Å²) < 4.78 is 26.4. The van der Waals surface area contributed by atoms with Crippen molar-refractivity contribution in [2.24, 2.45) is 0 Å². The summed E-state index contributed by atoms with van der Waals surface area (Å²) >= 11 is 0. The summed E-state index contributed by atoms with van der Waals surface area (Å²) in [7, 11) is 0. The molecule has 0 aromatic heterocycles. The molecular formula is C14H19F2N. The normalized spacial score (nSPS) is 25.2. The van der Waals surface area contributed by atoms with Crippen LogP contribution in [0.3, 0.4) is 0 Å². The Labute approximate surface area is 101 Å². The van der Waals surface area contributed by atoms with Crippen molar-refractivity contribution in [3.05, 3.63) is 35.4 Å². The minimum absolute atomic E-state index is 0.137. The Morgan fingerprint density at radius 3 is 2.65 bits per heavy atom. The van der Waals surface area contributed by atoms with Crippen LogP contribution in [0.1, 0.15) is 37.8 Å². The first-order chi connectivity index (χ1) is 7.91. The highest BCUT2D eigenvalue weighted by Gasteiger charge is 2.33. The van der Waals surface area contributed by atoms with E-state index in [4.69, 9.17) is 0 Å². The topological polar surface area (TPSA) is 12.0 Å². The largest absolute Gasteiger partial charge is 0.308 e. The fourth-order valence-corrected chi connectivity index (χ4v) is 2.67. The monoisotopic (exact) mass is 239 g/mol. The van der Waals surface area contributed by atoms with Gasteiger partial charge in [-0.05, 0) is 44.4 Å². The predicted octanol–water partition coefficient (Wildman–Crippen LogP) is 3.48. The fraction of sp³-hybridized carbons (Fsp3) is 0.571. The van der Waals surface area contributed by atoms with Crippen molar-refractivity contribution in [1.29, 1.82) is 0 Å². The van der Waals surface area contributed by atoms with Gasteiger partial charge in [0.15, 0.2) is 0 Å². The molecule has 94 valence electrons. The summed E-state index contributed by atoms with van der Waals surface area (Å²) in [6.07, 6.45) is 1.94. The molecule has 1 saturated heterocycles. The molecule has 17 heavy (non-hydrogen) atoms. The highest BCUT2D eigenvalue weighted by atomic mass is 19.3. The maximum Gasteiger partial charge on any atom is 0.249 e. The zero-order valence-electron chi connectivity index (χ0n) is 10.4. The summed E-state index contributed by atoms with van der Waals surface area (Å²) in [5, 5.41) is 3.43. The molecule has 1 aromatic rings. The van der Waals surface area contributed by atoms with Gasteiger partial charge >= 0.3 is 0 Å². The first kappa shape index (κ1) is 12.5. The van der Waals surface area contributed by atoms with Gasteiger partial charge in [0.1, 0.15) is 0 Å². The van der Waals surface area contributed by atoms with Crippen LogP contribution in [-0.2, 0) is 12.0 Å². The molecule has 0 saturated carbocycles. The smallest absolute Gasteiger partial charge is 0.249 e. The third kappa shape index (κ3) is 2.83. The Balaban J connectivity index is 2.33. The first-order valence-electron chi connectivity index (χ1n) is 6.12. The van der Waals surface area contributed by atoms with E-state index in [2.05, 4.69) is 12.2 Å². The summed E-state index contributed by atoms with van der Waals surface area (Å²) in [4.78, 5) is 0. The lowest BCUT2D eigenvalue weighted by Gasteiger charge is -2.28. The predicted molar refractivity (Wildman–Crippen MR) is 65.4 cm³/mol. The van der Waals surface area contributed by atoms with Crippen molar-refractivity contribution in [3.63, 3.8) is 0 Å². The molecule has 1 N–H and O–H groups in total. The Morgan fingerprint density at radius 2 is 2.06 bits per heavy atom. The standard InChI is InChI=1S/C14H19F2N/c1-13(8-5-9-17-13)12-7-4-3-6-11(12)10-14(2,15)16/h3-4,6-7,17H,5,8-10H2,1-2H3. The average Bonchev–Trinajstić information content (AvgIpc) is 2.64. The Bertz CT molecular complexity index is 389. The molecular weight excluding hydrogens is 220 g/mol. The summed E-state index contributed by atoms with van der Waals surface area (Å²) in [5.74, 6) is -2.65. The molecule has 1 nitrogen and oxygen atoms in total. The van der Waals surface area contributed by atoms with Crippen LogP contribution in [0.25, 0.3) is 0 Å². The highest BCUT2D eigenvalue weighted by molar-refractivity contribution is 5.34. The maximum atomic E-state index is 13.2. The Morgan fingerprint density at radius 1 is 1.35 bits per heavy atom. The molecule has 0 amide bonds. The van der Waals surface area contributed by atoms with Gasteiger partial charge in [-0.3, -0.25) is 0 Å². The van der Waals surface area contributed by atoms with Gasteiger partial charge in [0, 0.05) is 12.0 Å². The van der Waals surface area contributed by atoms with Crippen molar-refractivity contribution in [1.82, 2.24) is 5.32 Å². The third-order valence-corrected chi connectivity index (χ3v) is 3.48. The number of benzene rings is 1. The van der Waals surface area contributed by atoms with Gasteiger partial charge in [0.25, 0.3) is 0 Å². The Kier molecular flexibility index (Phi) is 3.21. The zero-order chi connectivity index (χ0) is 12.5. The lowest BCUT2D eigenvalue weighted by atomic mass is 9.85. The van der Waals surface area contributed by atoms with Crippen LogP contribution in [0.2, 0.25) is 0 Å². The van der Waals surface area contributed by atoms with Crippen LogP contribution in [0.5, 0.6) is 0 Å². The van der Waals surface area contributed by atoms with E-state index in [0.717, 1.165) is 37.4 Å². The number of halogens is 2. The molecule has 1 aliphatic rings. The highest BCUT2D eigenvalue weighted by Crippen LogP contribution is 2.34. The summed E-state index contributed by atoms with van der Waals surface area (Å²) in [6, 6.07) is 7.55. The van der Waals surface area contributed by atoms with Crippen LogP contribution >= 0.6 is 0 Å². The van der Waals surface area contributed by atoms with E-state index in [1.54, 1.807) is 0 Å². The molecule has 0 bridgehead atoms. The van der Waals surface area contributed by atoms with Gasteiger partial charge in [0.2, 0.25) is 5.92 Å². The quantitative estimate of drug-likeness (QED) is 0.851. The zero-order valence-corrected chi connectivity index (χ0v) is 10.4. The van der Waals surface area contributed by atoms with Crippen LogP contribution in [-0.4, -0.2) is 12.5 Å². The van der Waals surface area contributed by atoms with E-state index >= 15 is 0 Å². The van der Waals surface area contributed by atoms with Crippen LogP contribution in [0.4, 0.5) is 8.78 Å². The molecule has 1 fully saturated rings. The lowest BCUT2D eigenvalue weighted by Crippen LogP contribution is -2.34. The molecule has 0 radical (unpaired) electrons. The number of hydrogen-bond donors (Lipinski definition) is 1. The average molecular weight is 239 g/mol. The van der Waals surface area contributed by atoms with Crippen molar-refractivity contribution >= 4 is 0 Å². The van der Waals surface area contributed by atoms with Gasteiger partial charge < -0.3 is 5.32 Å². The van der Waals surface area contributed by atoms with Gasteiger partial charge in [-0.15, -0.1) is 0 Å². The van der Waals surface area contributed by atoms with Crippen molar-refractivity contribution in [3.8, 4) is 0 Å². The molecule has 3 heteroatoms. The van der Waals surface area contributed by atoms with Gasteiger partial charge in [-0.25, -0.2) is 8.78 Å². The molecule has 0 aliphatic carbocycles. The first-order valence-corrected chi connectivity index (χ1v) is 6.12. The van der Waals surface area contributed by atoms with Gasteiger partial charge in [0.05, 0.1) is 0 Å². The van der Waals surface area contributed by atoms with E-state index < -0.39 is 5.92 Å². The van der Waals surface area contributed by atoms with Crippen LogP contribution < -0.4 is 5.32 Å². The van der Waals surface area contributed by atoms with E-state index in [1.807, 2.05) is 24.3 Å². The maximum absolute atomic E-state index is 13.2. The number of hydrogen-bond acceptors (Lipinski definition) is 1. The summed E-state index contributed by atoms with van der Waals surface area (Å²) in [6.45, 7) is 4.05. The van der Waals surface area contributed by atoms with Crippen molar-refractivity contribution in [2.75, 3.05) is 6.54 Å². The molecule has 1 aliphatic heterocycles. The third-order valence-electron chi connectivity index (χ3n) is 3.48. The number of nitrogens with one attached hydrogen (secondary N) is 1. The summed E-state index contributed by atoms with van der Waals surface area (Å²) in [5.41, 5.74) is 1.65. The molecule has 1 unspecified atom stereocenters. The molecule has 1 atom stereocenters. The fourth-order valence-electron chi connectivity index (χ4n) is 2.67. The van der Waals surface area contributed by atoms with E-state index in [9.17, 15) is 8.78 Å². The van der Waals surface area contributed by atoms with E-state index in [0.29, 0.717) is 0 Å². The van der Waals surface area contributed by atoms with Crippen molar-refractivity contribution in [2.45, 2.75) is 44.6 Å². The van der Waals surface area contributed by atoms with E-state index in [-0.39, 0.29) is 12.0 Å². The molecule has 1 heterocycles. The second-order valence-electron chi connectivity index (χ2n) is 5.27. The lowest BCUT2D eigenvalue weighted by molar-refractivity contribution is 0.0221. The molecule has 1 aromatic carbocycles. The van der Waals surface area contributed by atoms with E-state index in [1.165, 1.54) is 0 Å². The molecule has 0 spiro atoms. The minimum Gasteiger partial charge on any atom is -0.308 e. The number of rotatable bonds is 3. The minimum atomic E-state index is -2.65. The van der Waals surface area contributed by atoms with Gasteiger partial charge in [-0.1, -0.05) is 24.3 Å². The van der Waals surface area contributed by atoms with Crippen molar-refractivity contribution < 1.29 is 8.78 Å². The second-order valence-corrected chi connectivity index (χ2v) is 5.27. The number of alkyl halides is 2.